The van der Waals surface area contributed by atoms with E-state index < -0.39 is 0 Å². The van der Waals surface area contributed by atoms with Crippen molar-refractivity contribution in [1.29, 1.82) is 5.26 Å². The summed E-state index contributed by atoms with van der Waals surface area (Å²) in [6, 6.07) is 2.16. The lowest BCUT2D eigenvalue weighted by atomic mass is 10.2. The molecule has 6 heteroatoms. The van der Waals surface area contributed by atoms with E-state index in [1.54, 1.807) is 4.68 Å². The molecule has 0 fully saturated rings. The molecule has 0 bridgehead atoms. The number of nitrogens with zero attached hydrogens (tertiary/aromatic N) is 4. The SMILES string of the molecule is Cc1nn(C)c(NCc2c(C)noc2C)c1C#N. The lowest BCUT2D eigenvalue weighted by molar-refractivity contribution is 0.392. The summed E-state index contributed by atoms with van der Waals surface area (Å²) in [6.45, 7) is 6.15. The summed E-state index contributed by atoms with van der Waals surface area (Å²) in [5.41, 5.74) is 3.17. The maximum absolute atomic E-state index is 9.10. The summed E-state index contributed by atoms with van der Waals surface area (Å²) in [6.07, 6.45) is 0. The molecule has 2 aromatic rings. The van der Waals surface area contributed by atoms with Gasteiger partial charge in [-0.05, 0) is 20.8 Å². The lowest BCUT2D eigenvalue weighted by Gasteiger charge is -2.06. The second-order valence-corrected chi connectivity index (χ2v) is 4.20. The lowest BCUT2D eigenvalue weighted by Crippen LogP contribution is -2.07. The summed E-state index contributed by atoms with van der Waals surface area (Å²) in [5.74, 6) is 1.51. The van der Waals surface area contributed by atoms with Crippen molar-refractivity contribution in [2.24, 2.45) is 7.05 Å². The molecule has 0 aliphatic heterocycles. The summed E-state index contributed by atoms with van der Waals surface area (Å²) in [7, 11) is 1.81. The van der Waals surface area contributed by atoms with Gasteiger partial charge < -0.3 is 9.84 Å². The van der Waals surface area contributed by atoms with Crippen molar-refractivity contribution in [3.8, 4) is 6.07 Å². The third-order valence-electron chi connectivity index (χ3n) is 2.95. The smallest absolute Gasteiger partial charge is 0.142 e. The van der Waals surface area contributed by atoms with Gasteiger partial charge in [0, 0.05) is 19.2 Å². The van der Waals surface area contributed by atoms with Gasteiger partial charge in [0.1, 0.15) is 23.2 Å². The third kappa shape index (κ3) is 1.95. The quantitative estimate of drug-likeness (QED) is 0.892. The molecule has 0 saturated carbocycles. The minimum atomic E-state index is 0.564. The van der Waals surface area contributed by atoms with Gasteiger partial charge in [-0.3, -0.25) is 4.68 Å². The fourth-order valence-electron chi connectivity index (χ4n) is 1.92. The van der Waals surface area contributed by atoms with Gasteiger partial charge in [0.05, 0.1) is 11.4 Å². The number of hydrogen-bond donors (Lipinski definition) is 1. The second-order valence-electron chi connectivity index (χ2n) is 4.20. The highest BCUT2D eigenvalue weighted by atomic mass is 16.5. The minimum Gasteiger partial charge on any atom is -0.365 e. The number of aryl methyl sites for hydroxylation is 4. The molecule has 0 saturated heterocycles. The number of aromatic nitrogens is 3. The van der Waals surface area contributed by atoms with Crippen LogP contribution in [0.5, 0.6) is 0 Å². The fraction of sp³-hybridized carbons (Fsp3) is 0.417. The van der Waals surface area contributed by atoms with Gasteiger partial charge in [-0.25, -0.2) is 0 Å². The first kappa shape index (κ1) is 12.2. The first-order chi connectivity index (χ1) is 8.54. The van der Waals surface area contributed by atoms with Gasteiger partial charge in [-0.15, -0.1) is 0 Å². The highest BCUT2D eigenvalue weighted by Gasteiger charge is 2.14. The van der Waals surface area contributed by atoms with Crippen molar-refractivity contribution < 1.29 is 4.52 Å². The Morgan fingerprint density at radius 3 is 2.61 bits per heavy atom. The summed E-state index contributed by atoms with van der Waals surface area (Å²) >= 11 is 0. The number of anilines is 1. The van der Waals surface area contributed by atoms with Gasteiger partial charge >= 0.3 is 0 Å². The van der Waals surface area contributed by atoms with Gasteiger partial charge in [0.25, 0.3) is 0 Å². The van der Waals surface area contributed by atoms with Crippen molar-refractivity contribution in [1.82, 2.24) is 14.9 Å². The van der Waals surface area contributed by atoms with Crippen LogP contribution in [-0.2, 0) is 13.6 Å². The average molecular weight is 245 g/mol. The Kier molecular flexibility index (Phi) is 3.06. The number of rotatable bonds is 3. The first-order valence-electron chi connectivity index (χ1n) is 5.64. The molecular formula is C12H15N5O. The Bertz CT molecular complexity index is 598. The van der Waals surface area contributed by atoms with E-state index in [0.29, 0.717) is 12.1 Å². The maximum atomic E-state index is 9.10. The Morgan fingerprint density at radius 1 is 1.33 bits per heavy atom. The fourth-order valence-corrected chi connectivity index (χ4v) is 1.92. The van der Waals surface area contributed by atoms with Crippen LogP contribution in [0.25, 0.3) is 0 Å². The summed E-state index contributed by atoms with van der Waals surface area (Å²) in [4.78, 5) is 0. The van der Waals surface area contributed by atoms with Crippen molar-refractivity contribution >= 4 is 5.82 Å². The van der Waals surface area contributed by atoms with Gasteiger partial charge in [0.15, 0.2) is 0 Å². The minimum absolute atomic E-state index is 0.564. The second kappa shape index (κ2) is 4.53. The van der Waals surface area contributed by atoms with Crippen LogP contribution in [0.15, 0.2) is 4.52 Å². The topological polar surface area (TPSA) is 79.7 Å². The normalized spacial score (nSPS) is 10.4. The van der Waals surface area contributed by atoms with Crippen LogP contribution in [0, 0.1) is 32.1 Å². The standard InChI is InChI=1S/C12H15N5O/c1-7-10(5-13)12(17(4)15-7)14-6-11-8(2)16-18-9(11)3/h14H,6H2,1-4H3. The molecule has 0 aliphatic rings. The van der Waals surface area contributed by atoms with E-state index in [0.717, 1.165) is 28.5 Å². The highest BCUT2D eigenvalue weighted by Crippen LogP contribution is 2.20. The average Bonchev–Trinajstić information content (AvgIpc) is 2.77. The molecule has 2 aromatic heterocycles. The van der Waals surface area contributed by atoms with E-state index in [4.69, 9.17) is 9.78 Å². The molecule has 1 N–H and O–H groups in total. The van der Waals surface area contributed by atoms with Gasteiger partial charge in [-0.1, -0.05) is 5.16 Å². The zero-order valence-corrected chi connectivity index (χ0v) is 10.9. The zero-order valence-electron chi connectivity index (χ0n) is 10.9. The molecule has 18 heavy (non-hydrogen) atoms. The van der Waals surface area contributed by atoms with Crippen LogP contribution in [0.2, 0.25) is 0 Å². The van der Waals surface area contributed by atoms with E-state index in [-0.39, 0.29) is 0 Å². The molecule has 0 amide bonds. The Morgan fingerprint density at radius 2 is 2.06 bits per heavy atom. The molecule has 2 heterocycles. The van der Waals surface area contributed by atoms with Crippen molar-refractivity contribution in [3.05, 3.63) is 28.3 Å². The molecule has 0 unspecified atom stereocenters. The third-order valence-corrected chi connectivity index (χ3v) is 2.95. The van der Waals surface area contributed by atoms with Crippen LogP contribution in [0.4, 0.5) is 5.82 Å². The van der Waals surface area contributed by atoms with E-state index in [1.165, 1.54) is 0 Å². The van der Waals surface area contributed by atoms with E-state index in [9.17, 15) is 0 Å². The van der Waals surface area contributed by atoms with E-state index in [1.807, 2.05) is 27.8 Å². The van der Waals surface area contributed by atoms with E-state index >= 15 is 0 Å². The monoisotopic (exact) mass is 245 g/mol. The Hall–Kier alpha value is -2.29. The first-order valence-corrected chi connectivity index (χ1v) is 5.64. The molecule has 2 rings (SSSR count). The molecule has 6 nitrogen and oxygen atoms in total. The van der Waals surface area contributed by atoms with Crippen molar-refractivity contribution in [2.45, 2.75) is 27.3 Å². The summed E-state index contributed by atoms with van der Waals surface area (Å²) < 4.78 is 6.77. The van der Waals surface area contributed by atoms with Gasteiger partial charge in [0.2, 0.25) is 0 Å². The van der Waals surface area contributed by atoms with Crippen molar-refractivity contribution in [3.63, 3.8) is 0 Å². The number of nitriles is 1. The van der Waals surface area contributed by atoms with Crippen LogP contribution < -0.4 is 5.32 Å². The predicted octanol–water partition coefficient (Wildman–Crippen LogP) is 1.82. The van der Waals surface area contributed by atoms with Crippen LogP contribution in [-0.4, -0.2) is 14.9 Å². The molecular weight excluding hydrogens is 230 g/mol. The van der Waals surface area contributed by atoms with Crippen molar-refractivity contribution in [2.75, 3.05) is 5.32 Å². The Balaban J connectivity index is 2.24. The Labute approximate surface area is 105 Å². The summed E-state index contributed by atoms with van der Waals surface area (Å²) in [5, 5.41) is 20.4. The predicted molar refractivity (Wildman–Crippen MR) is 66.0 cm³/mol. The van der Waals surface area contributed by atoms with Crippen LogP contribution >= 0.6 is 0 Å². The maximum Gasteiger partial charge on any atom is 0.142 e. The van der Waals surface area contributed by atoms with E-state index in [2.05, 4.69) is 21.6 Å². The number of nitrogens with one attached hydrogen (secondary N) is 1. The van der Waals surface area contributed by atoms with Gasteiger partial charge in [-0.2, -0.15) is 10.4 Å². The van der Waals surface area contributed by atoms with Crippen LogP contribution in [0.1, 0.15) is 28.3 Å². The molecule has 0 radical (unpaired) electrons. The molecule has 0 aromatic carbocycles. The zero-order chi connectivity index (χ0) is 13.3. The van der Waals surface area contributed by atoms with Crippen LogP contribution in [0.3, 0.4) is 0 Å². The largest absolute Gasteiger partial charge is 0.365 e. The highest BCUT2D eigenvalue weighted by molar-refractivity contribution is 5.55. The molecule has 94 valence electrons. The molecule has 0 spiro atoms. The number of hydrogen-bond acceptors (Lipinski definition) is 5. The molecule has 0 atom stereocenters. The molecule has 0 aliphatic carbocycles.